The SMILES string of the molecule is CCC(CN)C(=O)OC[n+]1ccn(CC2CCc3c(c4ccccc4n3C)C2=O)c1C.CCC(CNC(=O)OC(C)(C)C)C(=O)OC[n+]1ccn(CC2CCc3c(c4ccccc4n3C)C2=O)c1C.Cl.Cl.Cl. The summed E-state index contributed by atoms with van der Waals surface area (Å²) in [6.07, 6.45) is 11.7. The van der Waals surface area contributed by atoms with E-state index >= 15 is 0 Å². The fourth-order valence-electron chi connectivity index (χ4n) is 9.73. The molecule has 0 radical (unpaired) electrons. The van der Waals surface area contributed by atoms with Crippen LogP contribution in [0.4, 0.5) is 4.79 Å². The van der Waals surface area contributed by atoms with Crippen molar-refractivity contribution in [2.24, 2.45) is 43.5 Å². The fraction of sp³-hybridized carbons (Fsp3) is 0.491. The maximum atomic E-state index is 13.5. The summed E-state index contributed by atoms with van der Waals surface area (Å²) < 4.78 is 28.4. The number of nitrogens with one attached hydrogen (secondary N) is 1. The van der Waals surface area contributed by atoms with Crippen LogP contribution in [0.1, 0.15) is 104 Å². The number of nitrogens with two attached hydrogens (primary N) is 1. The second-order valence-electron chi connectivity index (χ2n) is 19.4. The molecule has 1 amide bonds. The second-order valence-corrected chi connectivity index (χ2v) is 19.4. The lowest BCUT2D eigenvalue weighted by molar-refractivity contribution is -0.733. The van der Waals surface area contributed by atoms with Gasteiger partial charge in [0.1, 0.15) is 43.5 Å². The minimum Gasteiger partial charge on any atom is -0.444 e. The van der Waals surface area contributed by atoms with Crippen LogP contribution in [-0.2, 0) is 77.3 Å². The summed E-state index contributed by atoms with van der Waals surface area (Å²) in [7, 11) is 4.08. The number of esters is 2. The first-order chi connectivity index (χ1) is 33.0. The molecule has 0 aliphatic heterocycles. The third-order valence-electron chi connectivity index (χ3n) is 14.0. The van der Waals surface area contributed by atoms with Gasteiger partial charge in [-0.3, -0.25) is 19.2 Å². The molecule has 2 aliphatic rings. The van der Waals surface area contributed by atoms with E-state index in [-0.39, 0.29) is 98.5 Å². The summed E-state index contributed by atoms with van der Waals surface area (Å²) in [5.74, 6) is 0.693. The minimum absolute atomic E-state index is 0. The van der Waals surface area contributed by atoms with Gasteiger partial charge in [0.05, 0.1) is 23.7 Å². The number of carbonyl (C=O) groups excluding carboxylic acids is 5. The predicted molar refractivity (Wildman–Crippen MR) is 282 cm³/mol. The van der Waals surface area contributed by atoms with Gasteiger partial charge in [-0.1, -0.05) is 50.2 Å². The van der Waals surface area contributed by atoms with E-state index in [1.54, 1.807) is 20.8 Å². The normalized spacial score (nSPS) is 15.9. The Bertz CT molecular complexity index is 2870. The van der Waals surface area contributed by atoms with Gasteiger partial charge in [-0.15, -0.1) is 37.2 Å². The quantitative estimate of drug-likeness (QED) is 0.0589. The van der Waals surface area contributed by atoms with Crippen LogP contribution in [0.3, 0.4) is 0 Å². The van der Waals surface area contributed by atoms with E-state index in [0.29, 0.717) is 32.5 Å². The van der Waals surface area contributed by atoms with Gasteiger partial charge in [-0.05, 0) is 71.4 Å². The number of hydrogen-bond donors (Lipinski definition) is 2. The van der Waals surface area contributed by atoms with Crippen LogP contribution in [0, 0.1) is 37.5 Å². The number of carbonyl (C=O) groups is 5. The van der Waals surface area contributed by atoms with Gasteiger partial charge >= 0.3 is 18.0 Å². The number of halogens is 3. The summed E-state index contributed by atoms with van der Waals surface area (Å²) in [6, 6.07) is 16.2. The highest BCUT2D eigenvalue weighted by molar-refractivity contribution is 6.12. The Kier molecular flexibility index (Phi) is 20.7. The minimum atomic E-state index is -0.604. The number of Topliss-reactive ketones (excluding diaryl/α,β-unsaturated/α-hetero) is 2. The van der Waals surface area contributed by atoms with Gasteiger partial charge in [0.25, 0.3) is 11.6 Å². The smallest absolute Gasteiger partial charge is 0.407 e. The maximum absolute atomic E-state index is 13.5. The lowest BCUT2D eigenvalue weighted by atomic mass is 9.85. The Hall–Kier alpha value is -5.68. The van der Waals surface area contributed by atoms with Gasteiger partial charge in [0.2, 0.25) is 13.5 Å². The molecule has 2 aromatic carbocycles. The first-order valence-corrected chi connectivity index (χ1v) is 24.3. The number of para-hydroxylation sites is 2. The summed E-state index contributed by atoms with van der Waals surface area (Å²) in [6.45, 7) is 14.9. The van der Waals surface area contributed by atoms with Gasteiger partial charge in [-0.25, -0.2) is 13.9 Å². The van der Waals surface area contributed by atoms with Crippen LogP contribution in [0.15, 0.2) is 73.3 Å². The fourth-order valence-corrected chi connectivity index (χ4v) is 9.73. The van der Waals surface area contributed by atoms with Crippen molar-refractivity contribution >= 4 is 88.6 Å². The van der Waals surface area contributed by atoms with Crippen molar-refractivity contribution < 1.29 is 47.3 Å². The van der Waals surface area contributed by atoms with E-state index in [1.165, 1.54) is 0 Å². The molecule has 0 fully saturated rings. The molecule has 19 heteroatoms. The molecule has 2 aliphatic carbocycles. The Balaban J connectivity index is 0.000000305. The molecule has 0 saturated carbocycles. The molecule has 4 heterocycles. The molecule has 392 valence electrons. The van der Waals surface area contributed by atoms with Crippen molar-refractivity contribution in [1.82, 2.24) is 23.6 Å². The number of amides is 1. The number of aromatic nitrogens is 6. The molecule has 8 rings (SSSR count). The van der Waals surface area contributed by atoms with Crippen LogP contribution in [-0.4, -0.2) is 66.6 Å². The van der Waals surface area contributed by atoms with Crippen molar-refractivity contribution in [3.8, 4) is 0 Å². The molecule has 72 heavy (non-hydrogen) atoms. The third-order valence-corrected chi connectivity index (χ3v) is 14.0. The summed E-state index contributed by atoms with van der Waals surface area (Å²) in [5, 5.41) is 4.72. The predicted octanol–water partition coefficient (Wildman–Crippen LogP) is 7.84. The van der Waals surface area contributed by atoms with Crippen molar-refractivity contribution in [3.05, 3.63) is 107 Å². The molecular weight excluding hydrogens is 983 g/mol. The lowest BCUT2D eigenvalue weighted by Gasteiger charge is -2.21. The highest BCUT2D eigenvalue weighted by Crippen LogP contribution is 2.36. The zero-order valence-corrected chi connectivity index (χ0v) is 45.4. The topological polar surface area (TPSA) is 179 Å². The number of alkyl carbamates (subject to hydrolysis) is 1. The number of hydrogen-bond acceptors (Lipinski definition) is 9. The van der Waals surface area contributed by atoms with E-state index in [9.17, 15) is 24.0 Å². The highest BCUT2D eigenvalue weighted by atomic mass is 35.5. The van der Waals surface area contributed by atoms with E-state index in [2.05, 4.69) is 31.2 Å². The summed E-state index contributed by atoms with van der Waals surface area (Å²) in [5.41, 5.74) is 11.2. The van der Waals surface area contributed by atoms with Gasteiger partial charge in [0, 0.05) is 85.4 Å². The standard InChI is InChI=1S/C29H38N4O5.C24H31N4O3.3ClH/c1-7-20(16-30-28(36)38-29(3,4)5)27(35)37-18-33-15-14-32(19(33)2)17-21-12-13-24-25(26(21)34)22-10-8-9-11-23(22)31(24)6;1-4-17(13-25)24(30)31-15-28-12-11-27(16(28)2)14-18-9-10-21-22(23(18)29)19-7-5-6-8-20(19)26(21)3;;;/h8-11,14-15,20-21H,7,12-13,16-18H2,1-6H3;5-8,11-12,17-18H,4,9-10,13-15,25H2,1-3H3;3*1H/q;+1;;;/p+1. The van der Waals surface area contributed by atoms with Crippen molar-refractivity contribution in [1.29, 1.82) is 0 Å². The zero-order valence-electron chi connectivity index (χ0n) is 43.0. The number of rotatable bonds is 15. The molecule has 3 N–H and O–H groups in total. The average Bonchev–Trinajstić information content (AvgIpc) is 4.04. The van der Waals surface area contributed by atoms with Crippen LogP contribution in [0.2, 0.25) is 0 Å². The first kappa shape index (κ1) is 58.9. The number of aryl methyl sites for hydroxylation is 2. The Morgan fingerprint density at radius 1 is 0.708 bits per heavy atom. The Morgan fingerprint density at radius 3 is 1.53 bits per heavy atom. The van der Waals surface area contributed by atoms with Crippen LogP contribution >= 0.6 is 37.2 Å². The lowest BCUT2D eigenvalue weighted by Crippen LogP contribution is -2.41. The largest absolute Gasteiger partial charge is 0.444 e. The maximum Gasteiger partial charge on any atom is 0.407 e. The molecular formula is C53H73Cl3N8O8+2. The van der Waals surface area contributed by atoms with Gasteiger partial charge in [-0.2, -0.15) is 9.13 Å². The monoisotopic (exact) mass is 1050 g/mol. The van der Waals surface area contributed by atoms with Crippen molar-refractivity contribution in [2.75, 3.05) is 13.1 Å². The van der Waals surface area contributed by atoms with E-state index in [0.717, 1.165) is 81.7 Å². The number of nitrogens with zero attached hydrogens (tertiary/aromatic N) is 6. The molecule has 0 bridgehead atoms. The number of benzene rings is 2. The average molecular weight is 1060 g/mol. The number of fused-ring (bicyclic) bond motifs is 6. The van der Waals surface area contributed by atoms with E-state index in [1.807, 2.05) is 117 Å². The molecule has 4 unspecified atom stereocenters. The third kappa shape index (κ3) is 12.7. The van der Waals surface area contributed by atoms with Crippen molar-refractivity contribution in [2.45, 2.75) is 119 Å². The van der Waals surface area contributed by atoms with Gasteiger partial charge < -0.3 is 34.4 Å². The van der Waals surface area contributed by atoms with Crippen LogP contribution < -0.4 is 20.2 Å². The Labute approximate surface area is 440 Å². The van der Waals surface area contributed by atoms with Gasteiger partial charge in [0.15, 0.2) is 11.6 Å². The van der Waals surface area contributed by atoms with Crippen LogP contribution in [0.25, 0.3) is 21.8 Å². The number of ketones is 2. The van der Waals surface area contributed by atoms with E-state index in [4.69, 9.17) is 19.9 Å². The molecule has 4 aromatic heterocycles. The van der Waals surface area contributed by atoms with Crippen LogP contribution in [0.5, 0.6) is 0 Å². The summed E-state index contributed by atoms with van der Waals surface area (Å²) >= 11 is 0. The zero-order chi connectivity index (χ0) is 49.7. The molecule has 16 nitrogen and oxygen atoms in total. The molecule has 4 atom stereocenters. The molecule has 6 aromatic rings. The Morgan fingerprint density at radius 2 is 1.12 bits per heavy atom. The van der Waals surface area contributed by atoms with E-state index < -0.39 is 17.6 Å². The highest BCUT2D eigenvalue weighted by Gasteiger charge is 2.36. The summed E-state index contributed by atoms with van der Waals surface area (Å²) in [4.78, 5) is 63.7. The van der Waals surface area contributed by atoms with Crippen molar-refractivity contribution in [3.63, 3.8) is 0 Å². The molecule has 0 spiro atoms. The first-order valence-electron chi connectivity index (χ1n) is 24.3. The second kappa shape index (κ2) is 25.3. The number of ether oxygens (including phenoxy) is 3. The molecule has 0 saturated heterocycles. The number of imidazole rings is 2.